The number of ether oxygens (including phenoxy) is 2. The topological polar surface area (TPSA) is 93.1 Å². The first-order valence-corrected chi connectivity index (χ1v) is 8.13. The molecule has 1 N–H and O–H groups in total. The molecular weight excluding hydrogens is 298 g/mol. The number of aliphatic carboxylic acids is 1. The maximum atomic E-state index is 12.5. The summed E-state index contributed by atoms with van der Waals surface area (Å²) < 4.78 is 10.3. The third-order valence-corrected chi connectivity index (χ3v) is 4.56. The lowest BCUT2D eigenvalue weighted by atomic mass is 10.1. The van der Waals surface area contributed by atoms with Gasteiger partial charge in [-0.3, -0.25) is 4.79 Å². The molecular formula is C13H19NO6S. The van der Waals surface area contributed by atoms with Crippen LogP contribution in [0.3, 0.4) is 0 Å². The monoisotopic (exact) mass is 317 g/mol. The van der Waals surface area contributed by atoms with Gasteiger partial charge in [0.25, 0.3) is 5.91 Å². The molecule has 3 unspecified atom stereocenters. The first-order valence-electron chi connectivity index (χ1n) is 6.97. The van der Waals surface area contributed by atoms with Crippen LogP contribution < -0.4 is 0 Å². The standard InChI is InChI=1S/C13H19NO6S/c1-2-19-13(18)8-7-21-6-5-14(8)11(15)9-3-4-10(20-9)12(16)17/h8-10H,2-7H2,1H3,(H,16,17). The molecule has 2 aliphatic rings. The highest BCUT2D eigenvalue weighted by atomic mass is 32.2. The van der Waals surface area contributed by atoms with E-state index in [1.54, 1.807) is 18.7 Å². The summed E-state index contributed by atoms with van der Waals surface area (Å²) in [4.78, 5) is 36.8. The smallest absolute Gasteiger partial charge is 0.332 e. The third-order valence-electron chi connectivity index (χ3n) is 3.54. The molecule has 0 saturated carbocycles. The van der Waals surface area contributed by atoms with Crippen molar-refractivity contribution in [2.24, 2.45) is 0 Å². The number of rotatable bonds is 4. The SMILES string of the molecule is CCOC(=O)C1CSCCN1C(=O)C1CCC(C(=O)O)O1. The van der Waals surface area contributed by atoms with Crippen molar-refractivity contribution in [1.82, 2.24) is 4.90 Å². The number of hydrogen-bond acceptors (Lipinski definition) is 6. The van der Waals surface area contributed by atoms with Crippen molar-refractivity contribution >= 4 is 29.6 Å². The van der Waals surface area contributed by atoms with Crippen molar-refractivity contribution < 1.29 is 29.0 Å². The van der Waals surface area contributed by atoms with E-state index in [2.05, 4.69) is 0 Å². The maximum Gasteiger partial charge on any atom is 0.332 e. The second-order valence-corrected chi connectivity index (χ2v) is 6.05. The fraction of sp³-hybridized carbons (Fsp3) is 0.769. The lowest BCUT2D eigenvalue weighted by molar-refractivity contribution is -0.161. The number of hydrogen-bond donors (Lipinski definition) is 1. The first-order chi connectivity index (χ1) is 10.0. The summed E-state index contributed by atoms with van der Waals surface area (Å²) >= 11 is 1.60. The molecule has 0 aliphatic carbocycles. The van der Waals surface area contributed by atoms with Crippen LogP contribution in [0.25, 0.3) is 0 Å². The molecule has 0 spiro atoms. The number of carboxylic acids is 1. The highest BCUT2D eigenvalue weighted by Gasteiger charge is 2.41. The Balaban J connectivity index is 2.02. The maximum absolute atomic E-state index is 12.5. The molecule has 7 nitrogen and oxygen atoms in total. The second kappa shape index (κ2) is 7.13. The normalized spacial score (nSPS) is 29.2. The lowest BCUT2D eigenvalue weighted by Crippen LogP contribution is -2.54. The number of carboxylic acid groups (broad SMARTS) is 1. The molecule has 0 aromatic rings. The molecule has 2 saturated heterocycles. The van der Waals surface area contributed by atoms with Gasteiger partial charge in [0.2, 0.25) is 0 Å². The summed E-state index contributed by atoms with van der Waals surface area (Å²) in [5, 5.41) is 8.91. The van der Waals surface area contributed by atoms with Gasteiger partial charge in [0, 0.05) is 18.1 Å². The van der Waals surface area contributed by atoms with Gasteiger partial charge in [-0.25, -0.2) is 9.59 Å². The molecule has 2 aliphatic heterocycles. The van der Waals surface area contributed by atoms with E-state index in [0.717, 1.165) is 5.75 Å². The number of esters is 1. The minimum absolute atomic E-state index is 0.267. The Bertz CT molecular complexity index is 429. The van der Waals surface area contributed by atoms with Crippen molar-refractivity contribution in [2.75, 3.05) is 24.7 Å². The molecule has 0 aromatic heterocycles. The van der Waals surface area contributed by atoms with Crippen molar-refractivity contribution in [3.63, 3.8) is 0 Å². The number of thioether (sulfide) groups is 1. The summed E-state index contributed by atoms with van der Waals surface area (Å²) in [6.45, 7) is 2.44. The molecule has 2 fully saturated rings. The van der Waals surface area contributed by atoms with Gasteiger partial charge in [0.05, 0.1) is 6.61 Å². The largest absolute Gasteiger partial charge is 0.479 e. The lowest BCUT2D eigenvalue weighted by Gasteiger charge is -2.35. The van der Waals surface area contributed by atoms with E-state index in [-0.39, 0.29) is 12.5 Å². The predicted octanol–water partition coefficient (Wildman–Crippen LogP) is 0.126. The molecule has 8 heteroatoms. The van der Waals surface area contributed by atoms with Gasteiger partial charge in [-0.1, -0.05) is 0 Å². The Morgan fingerprint density at radius 2 is 2.05 bits per heavy atom. The Kier molecular flexibility index (Phi) is 5.46. The van der Waals surface area contributed by atoms with E-state index in [9.17, 15) is 14.4 Å². The first kappa shape index (κ1) is 16.1. The van der Waals surface area contributed by atoms with Gasteiger partial charge >= 0.3 is 11.9 Å². The van der Waals surface area contributed by atoms with E-state index in [1.165, 1.54) is 4.90 Å². The average molecular weight is 317 g/mol. The summed E-state index contributed by atoms with van der Waals surface area (Å²) in [5.74, 6) is -0.527. The minimum atomic E-state index is -1.05. The van der Waals surface area contributed by atoms with Crippen LogP contribution in [-0.4, -0.2) is 70.8 Å². The molecule has 2 heterocycles. The third kappa shape index (κ3) is 3.68. The second-order valence-electron chi connectivity index (χ2n) is 4.90. The Morgan fingerprint density at radius 3 is 2.67 bits per heavy atom. The highest BCUT2D eigenvalue weighted by molar-refractivity contribution is 7.99. The Morgan fingerprint density at radius 1 is 1.33 bits per heavy atom. The van der Waals surface area contributed by atoms with Crippen LogP contribution in [0.2, 0.25) is 0 Å². The van der Waals surface area contributed by atoms with E-state index < -0.39 is 30.2 Å². The van der Waals surface area contributed by atoms with Crippen molar-refractivity contribution in [1.29, 1.82) is 0 Å². The van der Waals surface area contributed by atoms with Gasteiger partial charge in [-0.15, -0.1) is 0 Å². The fourth-order valence-corrected chi connectivity index (χ4v) is 3.52. The molecule has 0 radical (unpaired) electrons. The van der Waals surface area contributed by atoms with Gasteiger partial charge in [-0.2, -0.15) is 11.8 Å². The number of nitrogens with zero attached hydrogens (tertiary/aromatic N) is 1. The molecule has 0 aromatic carbocycles. The predicted molar refractivity (Wildman–Crippen MR) is 75.0 cm³/mol. The number of amides is 1. The van der Waals surface area contributed by atoms with E-state index >= 15 is 0 Å². The van der Waals surface area contributed by atoms with Gasteiger partial charge in [0.1, 0.15) is 12.1 Å². The number of carbonyl (C=O) groups is 3. The average Bonchev–Trinajstić information content (AvgIpc) is 2.97. The quantitative estimate of drug-likeness (QED) is 0.736. The van der Waals surface area contributed by atoms with Gasteiger partial charge in [0.15, 0.2) is 6.10 Å². The van der Waals surface area contributed by atoms with Crippen LogP contribution in [-0.2, 0) is 23.9 Å². The zero-order valence-electron chi connectivity index (χ0n) is 11.8. The van der Waals surface area contributed by atoms with E-state index in [0.29, 0.717) is 25.1 Å². The summed E-state index contributed by atoms with van der Waals surface area (Å²) in [7, 11) is 0. The van der Waals surface area contributed by atoms with Crippen LogP contribution in [0.1, 0.15) is 19.8 Å². The van der Waals surface area contributed by atoms with Gasteiger partial charge in [-0.05, 0) is 19.8 Å². The van der Waals surface area contributed by atoms with Crippen LogP contribution >= 0.6 is 11.8 Å². The van der Waals surface area contributed by atoms with Crippen LogP contribution in [0.5, 0.6) is 0 Å². The molecule has 3 atom stereocenters. The molecule has 21 heavy (non-hydrogen) atoms. The zero-order chi connectivity index (χ0) is 15.4. The van der Waals surface area contributed by atoms with Crippen LogP contribution in [0, 0.1) is 0 Å². The Hall–Kier alpha value is -1.28. The van der Waals surface area contributed by atoms with Crippen LogP contribution in [0.15, 0.2) is 0 Å². The molecule has 0 bridgehead atoms. The molecule has 1 amide bonds. The molecule has 118 valence electrons. The van der Waals surface area contributed by atoms with Crippen molar-refractivity contribution in [2.45, 2.75) is 38.0 Å². The Labute approximate surface area is 126 Å². The summed E-state index contributed by atoms with van der Waals surface area (Å²) in [6, 6.07) is -0.608. The fourth-order valence-electron chi connectivity index (χ4n) is 2.49. The van der Waals surface area contributed by atoms with Crippen molar-refractivity contribution in [3.8, 4) is 0 Å². The van der Waals surface area contributed by atoms with Crippen LogP contribution in [0.4, 0.5) is 0 Å². The van der Waals surface area contributed by atoms with E-state index in [4.69, 9.17) is 14.6 Å². The van der Waals surface area contributed by atoms with E-state index in [1.807, 2.05) is 0 Å². The summed E-state index contributed by atoms with van der Waals surface area (Å²) in [5.41, 5.74) is 0. The highest BCUT2D eigenvalue weighted by Crippen LogP contribution is 2.25. The van der Waals surface area contributed by atoms with Crippen molar-refractivity contribution in [3.05, 3.63) is 0 Å². The minimum Gasteiger partial charge on any atom is -0.479 e. The molecule has 2 rings (SSSR count). The zero-order valence-corrected chi connectivity index (χ0v) is 12.6. The summed E-state index contributed by atoms with van der Waals surface area (Å²) in [6.07, 6.45) is -1.02. The number of carbonyl (C=O) groups excluding carboxylic acids is 2. The van der Waals surface area contributed by atoms with Gasteiger partial charge < -0.3 is 19.5 Å².